The maximum atomic E-state index is 11.4. The van der Waals surface area contributed by atoms with Crippen LogP contribution in [-0.2, 0) is 9.84 Å². The van der Waals surface area contributed by atoms with Gasteiger partial charge in [0.2, 0.25) is 0 Å². The fraction of sp³-hybridized carbons (Fsp3) is 0.455. The van der Waals surface area contributed by atoms with Gasteiger partial charge in [0, 0.05) is 12.3 Å². The second-order valence-corrected chi connectivity index (χ2v) is 6.89. The number of nitrogens with zero attached hydrogens (tertiary/aromatic N) is 1. The van der Waals surface area contributed by atoms with Crippen molar-refractivity contribution in [3.8, 4) is 0 Å². The number of hydrogen-bond acceptors (Lipinski definition) is 6. The van der Waals surface area contributed by atoms with Crippen LogP contribution in [-0.4, -0.2) is 36.8 Å². The van der Waals surface area contributed by atoms with Crippen molar-refractivity contribution in [2.24, 2.45) is 0 Å². The van der Waals surface area contributed by atoms with Crippen LogP contribution in [0.25, 0.3) is 0 Å². The number of sulfone groups is 1. The summed E-state index contributed by atoms with van der Waals surface area (Å²) >= 11 is 0. The van der Waals surface area contributed by atoms with Gasteiger partial charge in [-0.3, -0.25) is 10.1 Å². The third-order valence-electron chi connectivity index (χ3n) is 2.46. The van der Waals surface area contributed by atoms with Gasteiger partial charge in [-0.25, -0.2) is 8.42 Å². The van der Waals surface area contributed by atoms with E-state index >= 15 is 0 Å². The van der Waals surface area contributed by atoms with E-state index in [4.69, 9.17) is 5.11 Å². The minimum atomic E-state index is -3.51. The molecule has 19 heavy (non-hydrogen) atoms. The second kappa shape index (κ2) is 5.14. The number of anilines is 1. The van der Waals surface area contributed by atoms with E-state index in [1.807, 2.05) is 0 Å². The average molecular weight is 288 g/mol. The minimum absolute atomic E-state index is 0.119. The van der Waals surface area contributed by atoms with Crippen LogP contribution in [0.4, 0.5) is 11.4 Å². The Morgan fingerprint density at radius 3 is 2.42 bits per heavy atom. The molecule has 0 aliphatic rings. The van der Waals surface area contributed by atoms with Crippen LogP contribution in [0, 0.1) is 10.1 Å². The Kier molecular flexibility index (Phi) is 4.16. The number of hydrogen-bond donors (Lipinski definition) is 2. The standard InChI is InChI=1S/C11H16N2O5S/c1-11(2,7-14)12-9-5-4-8(19(3,17)18)6-10(9)13(15)16/h4-6,12,14H,7H2,1-3H3. The van der Waals surface area contributed by atoms with Gasteiger partial charge in [0.1, 0.15) is 5.69 Å². The SMILES string of the molecule is CC(C)(CO)Nc1ccc(S(C)(=O)=O)cc1[N+](=O)[O-]. The summed E-state index contributed by atoms with van der Waals surface area (Å²) < 4.78 is 22.8. The lowest BCUT2D eigenvalue weighted by Gasteiger charge is -2.24. The zero-order chi connectivity index (χ0) is 14.8. The van der Waals surface area contributed by atoms with Gasteiger partial charge in [0.05, 0.1) is 22.0 Å². The molecule has 1 rings (SSSR count). The molecular weight excluding hydrogens is 272 g/mol. The van der Waals surface area contributed by atoms with Crippen molar-refractivity contribution in [2.45, 2.75) is 24.3 Å². The molecule has 106 valence electrons. The van der Waals surface area contributed by atoms with Crippen molar-refractivity contribution in [1.82, 2.24) is 0 Å². The molecule has 7 nitrogen and oxygen atoms in total. The first-order valence-corrected chi connectivity index (χ1v) is 7.33. The number of nitro groups is 1. The Hall–Kier alpha value is -1.67. The van der Waals surface area contributed by atoms with Gasteiger partial charge in [-0.15, -0.1) is 0 Å². The Balaban J connectivity index is 3.31. The van der Waals surface area contributed by atoms with Gasteiger partial charge in [-0.2, -0.15) is 0 Å². The summed E-state index contributed by atoms with van der Waals surface area (Å²) in [5.41, 5.74) is -0.932. The van der Waals surface area contributed by atoms with Gasteiger partial charge in [-0.1, -0.05) is 0 Å². The number of nitro benzene ring substituents is 1. The fourth-order valence-corrected chi connectivity index (χ4v) is 2.04. The third kappa shape index (κ3) is 3.90. The maximum absolute atomic E-state index is 11.4. The van der Waals surface area contributed by atoms with E-state index in [9.17, 15) is 18.5 Å². The van der Waals surface area contributed by atoms with Crippen LogP contribution in [0.5, 0.6) is 0 Å². The van der Waals surface area contributed by atoms with Crippen LogP contribution < -0.4 is 5.32 Å². The van der Waals surface area contributed by atoms with Gasteiger partial charge in [0.15, 0.2) is 9.84 Å². The molecule has 0 aliphatic heterocycles. The molecule has 1 aromatic carbocycles. The maximum Gasteiger partial charge on any atom is 0.293 e. The second-order valence-electron chi connectivity index (χ2n) is 4.88. The van der Waals surface area contributed by atoms with Crippen molar-refractivity contribution in [1.29, 1.82) is 0 Å². The zero-order valence-electron chi connectivity index (χ0n) is 10.9. The summed E-state index contributed by atoms with van der Waals surface area (Å²) in [5, 5.41) is 22.9. The molecule has 0 atom stereocenters. The first kappa shape index (κ1) is 15.4. The highest BCUT2D eigenvalue weighted by Crippen LogP contribution is 2.29. The quantitative estimate of drug-likeness (QED) is 0.622. The highest BCUT2D eigenvalue weighted by molar-refractivity contribution is 7.90. The molecule has 8 heteroatoms. The van der Waals surface area contributed by atoms with E-state index in [0.717, 1.165) is 12.3 Å². The Bertz CT molecular complexity index is 595. The van der Waals surface area contributed by atoms with Crippen LogP contribution >= 0.6 is 0 Å². The monoisotopic (exact) mass is 288 g/mol. The number of aliphatic hydroxyl groups is 1. The Labute approximate surface area is 111 Å². The number of benzene rings is 1. The average Bonchev–Trinajstić information content (AvgIpc) is 2.27. The first-order chi connectivity index (χ1) is 8.57. The first-order valence-electron chi connectivity index (χ1n) is 5.44. The number of rotatable bonds is 5. The third-order valence-corrected chi connectivity index (χ3v) is 3.57. The summed E-state index contributed by atoms with van der Waals surface area (Å²) in [6.07, 6.45) is 0.983. The zero-order valence-corrected chi connectivity index (χ0v) is 11.7. The molecule has 0 unspecified atom stereocenters. The topological polar surface area (TPSA) is 110 Å². The highest BCUT2D eigenvalue weighted by atomic mass is 32.2. The van der Waals surface area contributed by atoms with Crippen LogP contribution in [0.2, 0.25) is 0 Å². The minimum Gasteiger partial charge on any atom is -0.394 e. The van der Waals surface area contributed by atoms with Crippen LogP contribution in [0.1, 0.15) is 13.8 Å². The number of nitrogens with one attached hydrogen (secondary N) is 1. The molecular formula is C11H16N2O5S. The van der Waals surface area contributed by atoms with Crippen molar-refractivity contribution in [3.05, 3.63) is 28.3 Å². The summed E-state index contributed by atoms with van der Waals surface area (Å²) in [6.45, 7) is 3.11. The molecule has 0 saturated heterocycles. The van der Waals surface area contributed by atoms with Crippen molar-refractivity contribution in [2.75, 3.05) is 18.2 Å². The highest BCUT2D eigenvalue weighted by Gasteiger charge is 2.23. The van der Waals surface area contributed by atoms with E-state index in [1.54, 1.807) is 13.8 Å². The smallest absolute Gasteiger partial charge is 0.293 e. The molecule has 0 aliphatic carbocycles. The molecule has 0 amide bonds. The van der Waals surface area contributed by atoms with E-state index in [-0.39, 0.29) is 22.9 Å². The molecule has 0 fully saturated rings. The van der Waals surface area contributed by atoms with E-state index in [2.05, 4.69) is 5.32 Å². The molecule has 1 aromatic rings. The van der Waals surface area contributed by atoms with Crippen LogP contribution in [0.3, 0.4) is 0 Å². The Morgan fingerprint density at radius 1 is 1.42 bits per heavy atom. The largest absolute Gasteiger partial charge is 0.394 e. The van der Waals surface area contributed by atoms with Gasteiger partial charge < -0.3 is 10.4 Å². The van der Waals surface area contributed by atoms with Crippen molar-refractivity contribution >= 4 is 21.2 Å². The molecule has 2 N–H and O–H groups in total. The molecule has 0 radical (unpaired) electrons. The molecule has 0 aromatic heterocycles. The van der Waals surface area contributed by atoms with Gasteiger partial charge >= 0.3 is 0 Å². The molecule has 0 heterocycles. The normalized spacial score (nSPS) is 12.2. The van der Waals surface area contributed by atoms with E-state index in [1.165, 1.54) is 12.1 Å². The number of aliphatic hydroxyl groups excluding tert-OH is 1. The Morgan fingerprint density at radius 2 is 2.00 bits per heavy atom. The van der Waals surface area contributed by atoms with Crippen molar-refractivity contribution < 1.29 is 18.4 Å². The summed E-state index contributed by atoms with van der Waals surface area (Å²) in [5.74, 6) is 0. The van der Waals surface area contributed by atoms with E-state index in [0.29, 0.717) is 0 Å². The fourth-order valence-electron chi connectivity index (χ4n) is 1.40. The predicted molar refractivity (Wildman–Crippen MR) is 71.0 cm³/mol. The molecule has 0 bridgehead atoms. The van der Waals surface area contributed by atoms with Gasteiger partial charge in [0.25, 0.3) is 5.69 Å². The molecule has 0 saturated carbocycles. The summed E-state index contributed by atoms with van der Waals surface area (Å²) in [4.78, 5) is 10.2. The summed E-state index contributed by atoms with van der Waals surface area (Å²) in [6, 6.07) is 3.62. The predicted octanol–water partition coefficient (Wildman–Crippen LogP) is 1.18. The lowest BCUT2D eigenvalue weighted by molar-refractivity contribution is -0.384. The van der Waals surface area contributed by atoms with Gasteiger partial charge in [-0.05, 0) is 26.0 Å². The van der Waals surface area contributed by atoms with Crippen LogP contribution in [0.15, 0.2) is 23.1 Å². The lowest BCUT2D eigenvalue weighted by atomic mass is 10.1. The summed E-state index contributed by atoms with van der Waals surface area (Å²) in [7, 11) is -3.51. The lowest BCUT2D eigenvalue weighted by Crippen LogP contribution is -2.35. The van der Waals surface area contributed by atoms with E-state index < -0.39 is 20.3 Å². The molecule has 0 spiro atoms. The van der Waals surface area contributed by atoms with Crippen molar-refractivity contribution in [3.63, 3.8) is 0 Å².